The second kappa shape index (κ2) is 7.83. The molecule has 0 spiro atoms. The first-order chi connectivity index (χ1) is 16.2. The van der Waals surface area contributed by atoms with Gasteiger partial charge >= 0.3 is 0 Å². The Morgan fingerprint density at radius 3 is 1.44 bits per heavy atom. The number of rotatable bonds is 2. The molecular weight excluding hydrogens is 464 g/mol. The van der Waals surface area contributed by atoms with Crippen LogP contribution in [-0.4, -0.2) is 0 Å². The van der Waals surface area contributed by atoms with E-state index in [2.05, 4.69) is 0 Å². The second-order valence-electron chi connectivity index (χ2n) is 7.50. The monoisotopic (exact) mass is 474 g/mol. The van der Waals surface area contributed by atoms with Gasteiger partial charge in [0.25, 0.3) is 0 Å². The van der Waals surface area contributed by atoms with Crippen molar-refractivity contribution in [1.29, 1.82) is 0 Å². The summed E-state index contributed by atoms with van der Waals surface area (Å²) in [7, 11) is 0. The third-order valence-corrected chi connectivity index (χ3v) is 5.66. The minimum Gasteiger partial charge on any atom is -0.206 e. The third-order valence-electron chi connectivity index (χ3n) is 5.66. The number of halogens is 8. The molecule has 34 heavy (non-hydrogen) atoms. The summed E-state index contributed by atoms with van der Waals surface area (Å²) in [6.07, 6.45) is 0. The van der Waals surface area contributed by atoms with Gasteiger partial charge in [-0.15, -0.1) is 0 Å². The Kier molecular flexibility index (Phi) is 5.04. The molecule has 0 radical (unpaired) electrons. The lowest BCUT2D eigenvalue weighted by Crippen LogP contribution is -2.06. The predicted octanol–water partition coefficient (Wildman–Crippen LogP) is 8.44. The predicted molar refractivity (Wildman–Crippen MR) is 112 cm³/mol. The lowest BCUT2D eigenvalue weighted by molar-refractivity contribution is 0.381. The van der Waals surface area contributed by atoms with E-state index in [-0.39, 0.29) is 21.9 Å². The summed E-state index contributed by atoms with van der Waals surface area (Å²) in [5.41, 5.74) is -2.22. The van der Waals surface area contributed by atoms with Crippen LogP contribution in [0.25, 0.3) is 43.8 Å². The van der Waals surface area contributed by atoms with E-state index < -0.39 is 68.4 Å². The summed E-state index contributed by atoms with van der Waals surface area (Å²) in [5.74, 6) is -14.7. The fraction of sp³-hybridized carbons (Fsp3) is 0. The van der Waals surface area contributed by atoms with Gasteiger partial charge in [-0.25, -0.2) is 35.1 Å². The molecule has 5 rings (SSSR count). The van der Waals surface area contributed by atoms with Crippen molar-refractivity contribution >= 4 is 21.5 Å². The molecule has 0 aliphatic rings. The molecule has 170 valence electrons. The maximum atomic E-state index is 15.2. The highest BCUT2D eigenvalue weighted by atomic mass is 19.2. The average molecular weight is 474 g/mol. The third kappa shape index (κ3) is 2.98. The minimum absolute atomic E-state index is 0.131. The zero-order valence-corrected chi connectivity index (χ0v) is 16.8. The first-order valence-corrected chi connectivity index (χ1v) is 9.83. The van der Waals surface area contributed by atoms with Gasteiger partial charge < -0.3 is 0 Å². The van der Waals surface area contributed by atoms with Gasteiger partial charge in [-0.3, -0.25) is 0 Å². The number of fused-ring (bicyclic) bond motifs is 2. The van der Waals surface area contributed by atoms with Crippen LogP contribution in [0.3, 0.4) is 0 Å². The number of hydrogen-bond acceptors (Lipinski definition) is 0. The number of hydrogen-bond donors (Lipinski definition) is 0. The lowest BCUT2D eigenvalue weighted by atomic mass is 9.85. The van der Waals surface area contributed by atoms with E-state index >= 15 is 13.2 Å². The Labute approximate surface area is 186 Å². The van der Waals surface area contributed by atoms with E-state index in [0.29, 0.717) is 6.07 Å². The van der Waals surface area contributed by atoms with Crippen molar-refractivity contribution in [3.8, 4) is 22.3 Å². The minimum atomic E-state index is -2.41. The normalized spacial score (nSPS) is 11.5. The van der Waals surface area contributed by atoms with Gasteiger partial charge in [0.1, 0.15) is 17.5 Å². The molecule has 5 aromatic carbocycles. The Morgan fingerprint density at radius 1 is 0.353 bits per heavy atom. The zero-order chi connectivity index (χ0) is 24.3. The van der Waals surface area contributed by atoms with Crippen molar-refractivity contribution in [2.24, 2.45) is 0 Å². The molecule has 0 nitrogen and oxygen atoms in total. The first kappa shape index (κ1) is 21.9. The van der Waals surface area contributed by atoms with Crippen LogP contribution in [0.15, 0.2) is 60.7 Å². The molecule has 8 heteroatoms. The molecule has 5 aromatic rings. The summed E-state index contributed by atoms with van der Waals surface area (Å²) in [6.45, 7) is 0. The van der Waals surface area contributed by atoms with Gasteiger partial charge in [0.05, 0.1) is 5.56 Å². The van der Waals surface area contributed by atoms with Gasteiger partial charge in [0, 0.05) is 27.3 Å². The first-order valence-electron chi connectivity index (χ1n) is 9.83. The van der Waals surface area contributed by atoms with Gasteiger partial charge in [-0.05, 0) is 29.1 Å². The van der Waals surface area contributed by atoms with Crippen molar-refractivity contribution in [3.05, 3.63) is 107 Å². The van der Waals surface area contributed by atoms with Crippen LogP contribution < -0.4 is 0 Å². The maximum Gasteiger partial charge on any atom is 0.200 e. The van der Waals surface area contributed by atoms with E-state index in [4.69, 9.17) is 0 Å². The molecule has 0 N–H and O–H groups in total. The largest absolute Gasteiger partial charge is 0.206 e. The Balaban J connectivity index is 2.16. The maximum absolute atomic E-state index is 15.2. The Hall–Kier alpha value is -3.94. The molecule has 0 fully saturated rings. The van der Waals surface area contributed by atoms with Crippen LogP contribution in [0.1, 0.15) is 0 Å². The molecule has 0 saturated heterocycles. The molecule has 0 unspecified atom stereocenters. The second-order valence-corrected chi connectivity index (χ2v) is 7.50. The van der Waals surface area contributed by atoms with E-state index in [1.807, 2.05) is 0 Å². The molecule has 0 aromatic heterocycles. The van der Waals surface area contributed by atoms with E-state index in [1.165, 1.54) is 12.1 Å². The number of benzene rings is 5. The van der Waals surface area contributed by atoms with Gasteiger partial charge in [-0.1, -0.05) is 42.5 Å². The van der Waals surface area contributed by atoms with Crippen LogP contribution in [0.4, 0.5) is 35.1 Å². The van der Waals surface area contributed by atoms with E-state index in [0.717, 1.165) is 24.3 Å². The summed E-state index contributed by atoms with van der Waals surface area (Å²) < 4.78 is 117. The highest BCUT2D eigenvalue weighted by Crippen LogP contribution is 2.47. The Morgan fingerprint density at radius 2 is 0.853 bits per heavy atom. The van der Waals surface area contributed by atoms with E-state index in [1.54, 1.807) is 18.2 Å². The summed E-state index contributed by atoms with van der Waals surface area (Å²) >= 11 is 0. The standard InChI is InChI=1S/C26H10F8/c27-13-8-4-7-12-17(13)16(11-5-2-1-3-6-11)19-14(28)9-10-15(29)20(19)18(12)21-22(30)24(32)26(34)25(33)23(21)31/h1-10H. The average Bonchev–Trinajstić information content (AvgIpc) is 2.84. The van der Waals surface area contributed by atoms with Crippen molar-refractivity contribution in [2.45, 2.75) is 0 Å². The van der Waals surface area contributed by atoms with Crippen LogP contribution >= 0.6 is 0 Å². The quantitative estimate of drug-likeness (QED) is 0.104. The van der Waals surface area contributed by atoms with Crippen molar-refractivity contribution in [2.75, 3.05) is 0 Å². The van der Waals surface area contributed by atoms with Crippen LogP contribution in [0, 0.1) is 46.5 Å². The van der Waals surface area contributed by atoms with E-state index in [9.17, 15) is 22.0 Å². The topological polar surface area (TPSA) is 0 Å². The molecule has 0 atom stereocenters. The molecule has 0 bridgehead atoms. The fourth-order valence-electron chi connectivity index (χ4n) is 4.26. The molecule has 0 heterocycles. The van der Waals surface area contributed by atoms with Crippen molar-refractivity contribution in [1.82, 2.24) is 0 Å². The van der Waals surface area contributed by atoms with Crippen LogP contribution in [-0.2, 0) is 0 Å². The summed E-state index contributed by atoms with van der Waals surface area (Å²) in [5, 5.41) is -2.05. The SMILES string of the molecule is Fc1c(F)c(F)c(-c2c3cccc(F)c3c(-c3ccccc3)c3c(F)ccc(F)c23)c(F)c1F. The molecule has 0 aliphatic carbocycles. The summed E-state index contributed by atoms with van der Waals surface area (Å²) in [4.78, 5) is 0. The van der Waals surface area contributed by atoms with Crippen molar-refractivity contribution < 1.29 is 35.1 Å². The van der Waals surface area contributed by atoms with Crippen LogP contribution in [0.2, 0.25) is 0 Å². The van der Waals surface area contributed by atoms with Gasteiger partial charge in [0.15, 0.2) is 23.3 Å². The summed E-state index contributed by atoms with van der Waals surface area (Å²) in [6, 6.07) is 12.4. The van der Waals surface area contributed by atoms with Crippen LogP contribution in [0.5, 0.6) is 0 Å². The molecule has 0 saturated carbocycles. The van der Waals surface area contributed by atoms with Gasteiger partial charge in [-0.2, -0.15) is 0 Å². The molecule has 0 amide bonds. The zero-order valence-electron chi connectivity index (χ0n) is 16.8. The lowest BCUT2D eigenvalue weighted by Gasteiger charge is -2.20. The van der Waals surface area contributed by atoms with Crippen molar-refractivity contribution in [3.63, 3.8) is 0 Å². The Bertz CT molecular complexity index is 1600. The fourth-order valence-corrected chi connectivity index (χ4v) is 4.26. The molecule has 0 aliphatic heterocycles. The highest BCUT2D eigenvalue weighted by Gasteiger charge is 2.31. The smallest absolute Gasteiger partial charge is 0.200 e. The highest BCUT2D eigenvalue weighted by molar-refractivity contribution is 6.21. The molecular formula is C26H10F8. The van der Waals surface area contributed by atoms with Gasteiger partial charge in [0.2, 0.25) is 5.82 Å².